The predicted octanol–water partition coefficient (Wildman–Crippen LogP) is 0.640. The minimum Gasteiger partial charge on any atom is -0.352 e. The van der Waals surface area contributed by atoms with E-state index >= 15 is 0 Å². The Morgan fingerprint density at radius 1 is 1.18 bits per heavy atom. The maximum absolute atomic E-state index is 11.5. The fourth-order valence-electron chi connectivity index (χ4n) is 2.92. The Morgan fingerprint density at radius 2 is 1.86 bits per heavy atom. The van der Waals surface area contributed by atoms with Crippen LogP contribution in [-0.2, 0) is 16.6 Å². The van der Waals surface area contributed by atoms with Gasteiger partial charge in [-0.15, -0.1) is 24.0 Å². The first-order valence-corrected chi connectivity index (χ1v) is 10.1. The molecule has 0 atom stereocenters. The lowest BCUT2D eigenvalue weighted by atomic mass is 10.2. The van der Waals surface area contributed by atoms with Crippen molar-refractivity contribution in [1.82, 2.24) is 20.2 Å². The van der Waals surface area contributed by atoms with Crippen LogP contribution in [0.2, 0.25) is 0 Å². The molecule has 2 aromatic rings. The van der Waals surface area contributed by atoms with Crippen LogP contribution >= 0.6 is 24.0 Å². The van der Waals surface area contributed by atoms with E-state index in [-0.39, 0.29) is 28.9 Å². The van der Waals surface area contributed by atoms with Gasteiger partial charge in [0, 0.05) is 52.2 Å². The number of aliphatic imine (C=N–C) groups is 1. The second kappa shape index (κ2) is 9.98. The summed E-state index contributed by atoms with van der Waals surface area (Å²) in [7, 11) is -1.98. The molecule has 0 spiro atoms. The number of halogens is 1. The fraction of sp³-hybridized carbons (Fsp3) is 0.353. The van der Waals surface area contributed by atoms with Gasteiger partial charge in [0.25, 0.3) is 0 Å². The SMILES string of the molecule is CN=C(NCc1cccc(S(N)(=O)=O)c1)N1CCN(c2ncccn2)CC1.I. The molecule has 1 aromatic carbocycles. The van der Waals surface area contributed by atoms with Gasteiger partial charge in [0.15, 0.2) is 5.96 Å². The van der Waals surface area contributed by atoms with Crippen molar-refractivity contribution in [2.45, 2.75) is 11.4 Å². The number of hydrogen-bond acceptors (Lipinski definition) is 6. The van der Waals surface area contributed by atoms with E-state index in [9.17, 15) is 8.42 Å². The average Bonchev–Trinajstić information content (AvgIpc) is 2.69. The van der Waals surface area contributed by atoms with E-state index in [2.05, 4.69) is 30.1 Å². The summed E-state index contributed by atoms with van der Waals surface area (Å²) in [5.74, 6) is 1.50. The van der Waals surface area contributed by atoms with Gasteiger partial charge >= 0.3 is 0 Å². The highest BCUT2D eigenvalue weighted by molar-refractivity contribution is 14.0. The predicted molar refractivity (Wildman–Crippen MR) is 119 cm³/mol. The number of benzene rings is 1. The molecule has 0 radical (unpaired) electrons. The van der Waals surface area contributed by atoms with Gasteiger partial charge in [0.2, 0.25) is 16.0 Å². The first-order valence-electron chi connectivity index (χ1n) is 8.56. The quantitative estimate of drug-likeness (QED) is 0.347. The molecule has 3 N–H and O–H groups in total. The molecule has 28 heavy (non-hydrogen) atoms. The number of rotatable bonds is 4. The molecule has 11 heteroatoms. The van der Waals surface area contributed by atoms with E-state index in [0.29, 0.717) is 6.54 Å². The number of hydrogen-bond donors (Lipinski definition) is 2. The van der Waals surface area contributed by atoms with E-state index in [1.807, 2.05) is 6.07 Å². The van der Waals surface area contributed by atoms with Gasteiger partial charge in [-0.2, -0.15) is 0 Å². The third-order valence-corrected chi connectivity index (χ3v) is 5.21. The monoisotopic (exact) mass is 517 g/mol. The molecule has 0 amide bonds. The highest BCUT2D eigenvalue weighted by atomic mass is 127. The summed E-state index contributed by atoms with van der Waals surface area (Å²) in [6.07, 6.45) is 3.48. The number of nitrogens with zero attached hydrogens (tertiary/aromatic N) is 5. The van der Waals surface area contributed by atoms with Gasteiger partial charge in [0.05, 0.1) is 4.90 Å². The zero-order chi connectivity index (χ0) is 19.3. The maximum Gasteiger partial charge on any atom is 0.238 e. The Kier molecular flexibility index (Phi) is 7.95. The minimum atomic E-state index is -3.71. The van der Waals surface area contributed by atoms with Crippen molar-refractivity contribution in [2.75, 3.05) is 38.1 Å². The van der Waals surface area contributed by atoms with Gasteiger partial charge in [-0.3, -0.25) is 4.99 Å². The molecule has 0 unspecified atom stereocenters. The molecule has 1 saturated heterocycles. The molecule has 1 aliphatic heterocycles. The van der Waals surface area contributed by atoms with Crippen molar-refractivity contribution < 1.29 is 8.42 Å². The molecule has 152 valence electrons. The molecular weight excluding hydrogens is 493 g/mol. The topological polar surface area (TPSA) is 117 Å². The van der Waals surface area contributed by atoms with Crippen molar-refractivity contribution >= 4 is 45.9 Å². The molecular formula is C17H24IN7O2S. The third kappa shape index (κ3) is 5.75. The Hall–Kier alpha value is -1.99. The number of nitrogens with two attached hydrogens (primary N) is 1. The van der Waals surface area contributed by atoms with E-state index in [1.54, 1.807) is 37.6 Å². The number of anilines is 1. The summed E-state index contributed by atoms with van der Waals surface area (Å²) in [4.78, 5) is 17.3. The number of primary sulfonamides is 1. The van der Waals surface area contributed by atoms with Crippen LogP contribution in [0.5, 0.6) is 0 Å². The lowest BCUT2D eigenvalue weighted by Gasteiger charge is -2.36. The number of sulfonamides is 1. The first-order chi connectivity index (χ1) is 13.0. The lowest BCUT2D eigenvalue weighted by Crippen LogP contribution is -2.52. The van der Waals surface area contributed by atoms with E-state index in [1.165, 1.54) is 6.07 Å². The molecule has 1 aliphatic rings. The molecule has 9 nitrogen and oxygen atoms in total. The molecule has 0 saturated carbocycles. The number of nitrogens with one attached hydrogen (secondary N) is 1. The summed E-state index contributed by atoms with van der Waals surface area (Å²) in [5.41, 5.74) is 0.819. The minimum absolute atomic E-state index is 0. The van der Waals surface area contributed by atoms with Crippen LogP contribution in [-0.4, -0.2) is 62.5 Å². The van der Waals surface area contributed by atoms with Crippen molar-refractivity contribution in [3.8, 4) is 0 Å². The number of guanidine groups is 1. The van der Waals surface area contributed by atoms with Crippen LogP contribution in [0.25, 0.3) is 0 Å². The number of aromatic nitrogens is 2. The van der Waals surface area contributed by atoms with Gasteiger partial charge in [-0.05, 0) is 23.8 Å². The zero-order valence-electron chi connectivity index (χ0n) is 15.5. The van der Waals surface area contributed by atoms with Crippen LogP contribution in [0.1, 0.15) is 5.56 Å². The Balaban J connectivity index is 0.00000280. The van der Waals surface area contributed by atoms with Crippen LogP contribution in [0.4, 0.5) is 5.95 Å². The van der Waals surface area contributed by atoms with Crippen LogP contribution in [0, 0.1) is 0 Å². The van der Waals surface area contributed by atoms with E-state index in [0.717, 1.165) is 43.7 Å². The highest BCUT2D eigenvalue weighted by Gasteiger charge is 2.21. The largest absolute Gasteiger partial charge is 0.352 e. The van der Waals surface area contributed by atoms with Crippen molar-refractivity contribution in [3.63, 3.8) is 0 Å². The molecule has 1 fully saturated rings. The molecule has 3 rings (SSSR count). The van der Waals surface area contributed by atoms with Crippen molar-refractivity contribution in [1.29, 1.82) is 0 Å². The number of piperazine rings is 1. The summed E-state index contributed by atoms with van der Waals surface area (Å²) in [6.45, 7) is 3.62. The van der Waals surface area contributed by atoms with Gasteiger partial charge < -0.3 is 15.1 Å². The molecule has 2 heterocycles. The molecule has 0 aliphatic carbocycles. The third-order valence-electron chi connectivity index (χ3n) is 4.30. The first kappa shape index (κ1) is 22.3. The van der Waals surface area contributed by atoms with Gasteiger partial charge in [0.1, 0.15) is 0 Å². The summed E-state index contributed by atoms with van der Waals surface area (Å²) in [6, 6.07) is 8.38. The Labute approximate surface area is 182 Å². The molecule has 0 bridgehead atoms. The van der Waals surface area contributed by atoms with Crippen molar-refractivity contribution in [3.05, 3.63) is 48.3 Å². The normalized spacial score (nSPS) is 15.1. The Bertz CT molecular complexity index is 901. The molecule has 1 aromatic heterocycles. The smallest absolute Gasteiger partial charge is 0.238 e. The second-order valence-electron chi connectivity index (χ2n) is 6.12. The maximum atomic E-state index is 11.5. The average molecular weight is 517 g/mol. The fourth-order valence-corrected chi connectivity index (χ4v) is 3.50. The summed E-state index contributed by atoms with van der Waals surface area (Å²) < 4.78 is 23.0. The van der Waals surface area contributed by atoms with Crippen LogP contribution in [0.3, 0.4) is 0 Å². The highest BCUT2D eigenvalue weighted by Crippen LogP contribution is 2.11. The lowest BCUT2D eigenvalue weighted by molar-refractivity contribution is 0.370. The zero-order valence-corrected chi connectivity index (χ0v) is 18.7. The Morgan fingerprint density at radius 3 is 2.46 bits per heavy atom. The van der Waals surface area contributed by atoms with Crippen LogP contribution < -0.4 is 15.4 Å². The summed E-state index contributed by atoms with van der Waals surface area (Å²) >= 11 is 0. The van der Waals surface area contributed by atoms with Gasteiger partial charge in [-0.1, -0.05) is 12.1 Å². The van der Waals surface area contributed by atoms with Gasteiger partial charge in [-0.25, -0.2) is 23.5 Å². The van der Waals surface area contributed by atoms with Crippen LogP contribution in [0.15, 0.2) is 52.6 Å². The summed E-state index contributed by atoms with van der Waals surface area (Å²) in [5, 5.41) is 8.47. The van der Waals surface area contributed by atoms with Crippen molar-refractivity contribution in [2.24, 2.45) is 10.1 Å². The second-order valence-corrected chi connectivity index (χ2v) is 7.68. The standard InChI is InChI=1S/C17H23N7O2S.HI/c1-19-16(22-13-14-4-2-5-15(12-14)27(18,25)26)23-8-10-24(11-9-23)17-20-6-3-7-21-17;/h2-7,12H,8-11,13H2,1H3,(H,19,22)(H2,18,25,26);1H. The van der Waals surface area contributed by atoms with E-state index < -0.39 is 10.0 Å². The van der Waals surface area contributed by atoms with E-state index in [4.69, 9.17) is 5.14 Å².